The van der Waals surface area contributed by atoms with Gasteiger partial charge in [-0.2, -0.15) is 11.8 Å². The highest BCUT2D eigenvalue weighted by atomic mass is 79.9. The van der Waals surface area contributed by atoms with E-state index in [4.69, 9.17) is 12.2 Å². The third-order valence-corrected chi connectivity index (χ3v) is 4.67. The number of imidazole rings is 1. The van der Waals surface area contributed by atoms with Crippen LogP contribution in [0.25, 0.3) is 11.0 Å². The molecule has 1 N–H and O–H groups in total. The molecule has 0 radical (unpaired) electrons. The molecule has 2 nitrogen and oxygen atoms in total. The first-order valence-electron chi connectivity index (χ1n) is 6.20. The summed E-state index contributed by atoms with van der Waals surface area (Å²) in [4.78, 5) is 3.12. The first-order valence-corrected chi connectivity index (χ1v) is 8.79. The third kappa shape index (κ3) is 3.61. The lowest BCUT2D eigenvalue weighted by Crippen LogP contribution is -1.98. The normalized spacial score (nSPS) is 11.3. The van der Waals surface area contributed by atoms with Crippen molar-refractivity contribution in [2.24, 2.45) is 0 Å². The molecule has 0 atom stereocenters. The van der Waals surface area contributed by atoms with Crippen LogP contribution in [0.5, 0.6) is 0 Å². The molecule has 19 heavy (non-hydrogen) atoms. The van der Waals surface area contributed by atoms with Crippen molar-refractivity contribution in [3.63, 3.8) is 0 Å². The van der Waals surface area contributed by atoms with Gasteiger partial charge in [0.25, 0.3) is 0 Å². The summed E-state index contributed by atoms with van der Waals surface area (Å²) in [5.41, 5.74) is 1.72. The lowest BCUT2D eigenvalue weighted by Gasteiger charge is -2.05. The van der Waals surface area contributed by atoms with Crippen LogP contribution >= 0.6 is 39.9 Å². The molecular weight excluding hydrogens is 347 g/mol. The SMILES string of the molecule is CSCCCCCn1c(=S)[nH]c2cc(Br)c(F)cc21. The zero-order chi connectivity index (χ0) is 13.8. The maximum atomic E-state index is 13.6. The topological polar surface area (TPSA) is 20.7 Å². The van der Waals surface area contributed by atoms with E-state index >= 15 is 0 Å². The number of nitrogens with zero attached hydrogens (tertiary/aromatic N) is 1. The minimum Gasteiger partial charge on any atom is -0.331 e. The minimum atomic E-state index is -0.252. The van der Waals surface area contributed by atoms with Gasteiger partial charge in [0.05, 0.1) is 15.5 Å². The number of nitrogens with one attached hydrogen (secondary N) is 1. The molecule has 0 aliphatic rings. The summed E-state index contributed by atoms with van der Waals surface area (Å²) in [5, 5.41) is 0. The summed E-state index contributed by atoms with van der Waals surface area (Å²) in [6.07, 6.45) is 5.58. The van der Waals surface area contributed by atoms with Crippen LogP contribution in [0.4, 0.5) is 4.39 Å². The number of H-pyrrole nitrogens is 1. The summed E-state index contributed by atoms with van der Waals surface area (Å²) >= 11 is 10.4. The predicted octanol–water partition coefficient (Wildman–Crippen LogP) is 5.13. The molecule has 0 amide bonds. The number of unbranched alkanes of at least 4 members (excludes halogenated alkanes) is 2. The highest BCUT2D eigenvalue weighted by molar-refractivity contribution is 9.10. The summed E-state index contributed by atoms with van der Waals surface area (Å²) < 4.78 is 16.7. The van der Waals surface area contributed by atoms with Gasteiger partial charge in [-0.3, -0.25) is 0 Å². The van der Waals surface area contributed by atoms with Crippen LogP contribution in [-0.4, -0.2) is 21.6 Å². The molecule has 1 heterocycles. The van der Waals surface area contributed by atoms with Gasteiger partial charge >= 0.3 is 0 Å². The van der Waals surface area contributed by atoms with E-state index < -0.39 is 0 Å². The maximum Gasteiger partial charge on any atom is 0.178 e. The van der Waals surface area contributed by atoms with Gasteiger partial charge in [0.1, 0.15) is 5.82 Å². The molecule has 0 aliphatic heterocycles. The van der Waals surface area contributed by atoms with Gasteiger partial charge in [0, 0.05) is 12.6 Å². The van der Waals surface area contributed by atoms with E-state index in [1.807, 2.05) is 16.3 Å². The second kappa shape index (κ2) is 6.90. The fraction of sp³-hybridized carbons (Fsp3) is 0.462. The van der Waals surface area contributed by atoms with Crippen molar-refractivity contribution in [1.82, 2.24) is 9.55 Å². The molecule has 2 aromatic rings. The van der Waals surface area contributed by atoms with Crippen molar-refractivity contribution < 1.29 is 4.39 Å². The fourth-order valence-corrected chi connectivity index (χ4v) is 3.20. The van der Waals surface area contributed by atoms with Crippen LogP contribution in [0.3, 0.4) is 0 Å². The largest absolute Gasteiger partial charge is 0.331 e. The van der Waals surface area contributed by atoms with Gasteiger partial charge in [0.15, 0.2) is 4.77 Å². The number of halogens is 2. The lowest BCUT2D eigenvalue weighted by atomic mass is 10.2. The number of hydrogen-bond donors (Lipinski definition) is 1. The van der Waals surface area contributed by atoms with Crippen LogP contribution in [0, 0.1) is 10.6 Å². The van der Waals surface area contributed by atoms with Gasteiger partial charge in [0.2, 0.25) is 0 Å². The number of rotatable bonds is 6. The number of benzene rings is 1. The zero-order valence-corrected chi connectivity index (χ0v) is 13.9. The van der Waals surface area contributed by atoms with Gasteiger partial charge in [-0.15, -0.1) is 0 Å². The minimum absolute atomic E-state index is 0.252. The van der Waals surface area contributed by atoms with Crippen molar-refractivity contribution in [3.05, 3.63) is 27.2 Å². The number of fused-ring (bicyclic) bond motifs is 1. The van der Waals surface area contributed by atoms with Crippen LogP contribution in [0.15, 0.2) is 16.6 Å². The summed E-state index contributed by atoms with van der Waals surface area (Å²) in [5.74, 6) is 0.943. The molecule has 104 valence electrons. The molecule has 0 spiro atoms. The van der Waals surface area contributed by atoms with E-state index in [1.54, 1.807) is 6.07 Å². The van der Waals surface area contributed by atoms with Crippen LogP contribution in [0.1, 0.15) is 19.3 Å². The second-order valence-corrected chi connectivity index (χ2v) is 6.65. The average molecular weight is 363 g/mol. The third-order valence-electron chi connectivity index (χ3n) is 3.05. The Balaban J connectivity index is 2.16. The summed E-state index contributed by atoms with van der Waals surface area (Å²) in [7, 11) is 0. The average Bonchev–Trinajstić information content (AvgIpc) is 2.66. The van der Waals surface area contributed by atoms with Gasteiger partial charge in [-0.1, -0.05) is 6.42 Å². The molecular formula is C13H16BrFN2S2. The predicted molar refractivity (Wildman–Crippen MR) is 87.0 cm³/mol. The fourth-order valence-electron chi connectivity index (χ4n) is 2.07. The van der Waals surface area contributed by atoms with E-state index in [1.165, 1.54) is 24.7 Å². The molecule has 1 aromatic carbocycles. The van der Waals surface area contributed by atoms with Crippen molar-refractivity contribution in [2.45, 2.75) is 25.8 Å². The van der Waals surface area contributed by atoms with Crippen molar-refractivity contribution in [3.8, 4) is 0 Å². The Kier molecular flexibility index (Phi) is 5.47. The van der Waals surface area contributed by atoms with E-state index in [-0.39, 0.29) is 5.82 Å². The molecule has 2 rings (SSSR count). The standard InChI is InChI=1S/C13H16BrFN2S2/c1-19-6-4-2-3-5-17-12-8-10(15)9(14)7-11(12)16-13(17)18/h7-8H,2-6H2,1H3,(H,16,18). The Labute approximate surface area is 129 Å². The molecule has 0 aliphatic carbocycles. The first-order chi connectivity index (χ1) is 9.13. The quantitative estimate of drug-likeness (QED) is 0.567. The van der Waals surface area contributed by atoms with Crippen LogP contribution in [-0.2, 0) is 6.54 Å². The molecule has 0 unspecified atom stereocenters. The van der Waals surface area contributed by atoms with Crippen molar-refractivity contribution in [1.29, 1.82) is 0 Å². The number of aryl methyl sites for hydroxylation is 1. The molecule has 0 saturated heterocycles. The van der Waals surface area contributed by atoms with E-state index in [2.05, 4.69) is 27.2 Å². The monoisotopic (exact) mass is 362 g/mol. The summed E-state index contributed by atoms with van der Waals surface area (Å²) in [6, 6.07) is 3.28. The van der Waals surface area contributed by atoms with E-state index in [9.17, 15) is 4.39 Å². The van der Waals surface area contributed by atoms with E-state index in [0.29, 0.717) is 9.24 Å². The van der Waals surface area contributed by atoms with Crippen LogP contribution in [0.2, 0.25) is 0 Å². The van der Waals surface area contributed by atoms with Crippen molar-refractivity contribution in [2.75, 3.05) is 12.0 Å². The van der Waals surface area contributed by atoms with Crippen LogP contribution < -0.4 is 0 Å². The smallest absolute Gasteiger partial charge is 0.178 e. The van der Waals surface area contributed by atoms with Crippen molar-refractivity contribution >= 4 is 50.9 Å². The van der Waals surface area contributed by atoms with Gasteiger partial charge in [-0.05, 0) is 59.1 Å². The Morgan fingerprint density at radius 2 is 2.16 bits per heavy atom. The van der Waals surface area contributed by atoms with E-state index in [0.717, 1.165) is 24.0 Å². The zero-order valence-electron chi connectivity index (χ0n) is 10.7. The number of aromatic amines is 1. The Morgan fingerprint density at radius 1 is 1.37 bits per heavy atom. The number of thioether (sulfide) groups is 1. The molecule has 6 heteroatoms. The molecule has 0 fully saturated rings. The Bertz CT molecular complexity index is 621. The maximum absolute atomic E-state index is 13.6. The number of aromatic nitrogens is 2. The molecule has 0 bridgehead atoms. The first kappa shape index (κ1) is 15.1. The Morgan fingerprint density at radius 3 is 2.89 bits per heavy atom. The molecule has 0 saturated carbocycles. The summed E-state index contributed by atoms with van der Waals surface area (Å²) in [6.45, 7) is 0.842. The van der Waals surface area contributed by atoms with Gasteiger partial charge in [-0.25, -0.2) is 4.39 Å². The highest BCUT2D eigenvalue weighted by Crippen LogP contribution is 2.23. The Hall–Kier alpha value is -0.330. The van der Waals surface area contributed by atoms with Gasteiger partial charge < -0.3 is 9.55 Å². The molecule has 1 aromatic heterocycles. The highest BCUT2D eigenvalue weighted by Gasteiger charge is 2.08. The second-order valence-electron chi connectivity index (χ2n) is 4.42. The number of hydrogen-bond acceptors (Lipinski definition) is 2. The lowest BCUT2D eigenvalue weighted by molar-refractivity contribution is 0.604.